The summed E-state index contributed by atoms with van der Waals surface area (Å²) in [7, 11) is 0. The fraction of sp³-hybridized carbons (Fsp3) is 0.667. The van der Waals surface area contributed by atoms with Crippen molar-refractivity contribution < 1.29 is 13.9 Å². The molecule has 6 heteroatoms. The molecule has 0 radical (unpaired) electrons. The van der Waals surface area contributed by atoms with Crippen LogP contribution in [0.25, 0.3) is 0 Å². The summed E-state index contributed by atoms with van der Waals surface area (Å²) >= 11 is 1.94. The normalized spacial score (nSPS) is 24.1. The van der Waals surface area contributed by atoms with Crippen molar-refractivity contribution in [2.45, 2.75) is 32.1 Å². The molecule has 0 N–H and O–H groups in total. The average Bonchev–Trinajstić information content (AvgIpc) is 2.82. The standard InChI is InChI=1S/C12H18N2O3S/c1-4-16-11(15)10-7-17-12(13-10)14-5-6-18-9(3)8(14)2/h7-9H,4-6H2,1-3H3. The first-order valence-corrected chi connectivity index (χ1v) is 7.19. The van der Waals surface area contributed by atoms with Crippen LogP contribution in [0, 0.1) is 0 Å². The largest absolute Gasteiger partial charge is 0.461 e. The summed E-state index contributed by atoms with van der Waals surface area (Å²) in [6, 6.07) is 0.857. The Morgan fingerprint density at radius 3 is 3.17 bits per heavy atom. The van der Waals surface area contributed by atoms with Crippen LogP contribution in [-0.2, 0) is 4.74 Å². The number of anilines is 1. The molecule has 2 rings (SSSR count). The van der Waals surface area contributed by atoms with E-state index in [0.717, 1.165) is 12.3 Å². The Bertz CT molecular complexity index is 421. The Balaban J connectivity index is 2.11. The number of aromatic nitrogens is 1. The summed E-state index contributed by atoms with van der Waals surface area (Å²) in [6.07, 6.45) is 1.37. The van der Waals surface area contributed by atoms with Crippen molar-refractivity contribution in [3.05, 3.63) is 12.0 Å². The average molecular weight is 270 g/mol. The topological polar surface area (TPSA) is 55.6 Å². The summed E-state index contributed by atoms with van der Waals surface area (Å²) in [5.41, 5.74) is 0.241. The molecule has 0 saturated carbocycles. The van der Waals surface area contributed by atoms with Gasteiger partial charge in [0.05, 0.1) is 6.61 Å². The monoisotopic (exact) mass is 270 g/mol. The minimum atomic E-state index is -0.431. The highest BCUT2D eigenvalue weighted by atomic mass is 32.2. The quantitative estimate of drug-likeness (QED) is 0.785. The minimum absolute atomic E-state index is 0.241. The Labute approximate surface area is 111 Å². The number of carbonyl (C=O) groups is 1. The zero-order chi connectivity index (χ0) is 13.1. The van der Waals surface area contributed by atoms with Gasteiger partial charge in [-0.25, -0.2) is 4.79 Å². The molecular formula is C12H18N2O3S. The van der Waals surface area contributed by atoms with Gasteiger partial charge in [0.25, 0.3) is 6.01 Å². The van der Waals surface area contributed by atoms with E-state index in [1.807, 2.05) is 11.8 Å². The molecule has 1 saturated heterocycles. The SMILES string of the molecule is CCOC(=O)c1coc(N2CCSC(C)C2C)n1. The molecule has 0 amide bonds. The molecule has 2 heterocycles. The van der Waals surface area contributed by atoms with Crippen molar-refractivity contribution >= 4 is 23.7 Å². The van der Waals surface area contributed by atoms with Gasteiger partial charge in [-0.05, 0) is 13.8 Å². The molecule has 0 bridgehead atoms. The number of esters is 1. The Hall–Kier alpha value is -1.17. The van der Waals surface area contributed by atoms with E-state index in [1.54, 1.807) is 6.92 Å². The van der Waals surface area contributed by atoms with Crippen LogP contribution in [0.5, 0.6) is 0 Å². The van der Waals surface area contributed by atoms with Crippen molar-refractivity contribution in [1.82, 2.24) is 4.98 Å². The number of nitrogens with zero attached hydrogens (tertiary/aromatic N) is 2. The second-order valence-corrected chi connectivity index (χ2v) is 5.73. The molecule has 5 nitrogen and oxygen atoms in total. The van der Waals surface area contributed by atoms with Crippen LogP contribution in [0.2, 0.25) is 0 Å². The van der Waals surface area contributed by atoms with Gasteiger partial charge in [0, 0.05) is 23.6 Å². The van der Waals surface area contributed by atoms with Gasteiger partial charge in [-0.1, -0.05) is 6.92 Å². The van der Waals surface area contributed by atoms with E-state index >= 15 is 0 Å². The lowest BCUT2D eigenvalue weighted by Gasteiger charge is -2.36. The third-order valence-electron chi connectivity index (χ3n) is 3.11. The van der Waals surface area contributed by atoms with Gasteiger partial charge in [-0.2, -0.15) is 16.7 Å². The van der Waals surface area contributed by atoms with E-state index in [1.165, 1.54) is 6.26 Å². The number of hydrogen-bond donors (Lipinski definition) is 0. The van der Waals surface area contributed by atoms with Gasteiger partial charge >= 0.3 is 5.97 Å². The van der Waals surface area contributed by atoms with Gasteiger partial charge in [0.15, 0.2) is 5.69 Å². The van der Waals surface area contributed by atoms with E-state index in [2.05, 4.69) is 23.7 Å². The molecule has 1 fully saturated rings. The first-order chi connectivity index (χ1) is 8.63. The number of oxazole rings is 1. The predicted octanol–water partition coefficient (Wildman–Crippen LogP) is 2.18. The first kappa shape index (κ1) is 13.3. The first-order valence-electron chi connectivity index (χ1n) is 6.14. The van der Waals surface area contributed by atoms with Gasteiger partial charge < -0.3 is 14.1 Å². The highest BCUT2D eigenvalue weighted by molar-refractivity contribution is 8.00. The van der Waals surface area contributed by atoms with Crippen LogP contribution in [-0.4, -0.2) is 41.1 Å². The number of carbonyl (C=O) groups excluding carboxylic acids is 1. The molecule has 2 unspecified atom stereocenters. The number of ether oxygens (including phenoxy) is 1. The Kier molecular flexibility index (Phi) is 4.16. The molecule has 0 aliphatic carbocycles. The zero-order valence-corrected chi connectivity index (χ0v) is 11.7. The zero-order valence-electron chi connectivity index (χ0n) is 10.9. The predicted molar refractivity (Wildman–Crippen MR) is 71.2 cm³/mol. The van der Waals surface area contributed by atoms with Crippen LogP contribution in [0.3, 0.4) is 0 Å². The molecular weight excluding hydrogens is 252 g/mol. The van der Waals surface area contributed by atoms with E-state index in [0.29, 0.717) is 23.9 Å². The second kappa shape index (κ2) is 5.65. The van der Waals surface area contributed by atoms with E-state index in [9.17, 15) is 4.79 Å². The third kappa shape index (κ3) is 2.63. The van der Waals surface area contributed by atoms with Crippen LogP contribution >= 0.6 is 11.8 Å². The molecule has 0 aromatic carbocycles. The smallest absolute Gasteiger partial charge is 0.360 e. The lowest BCUT2D eigenvalue weighted by molar-refractivity contribution is 0.0519. The summed E-state index contributed by atoms with van der Waals surface area (Å²) in [5.74, 6) is 0.613. The molecule has 1 aliphatic heterocycles. The van der Waals surface area contributed by atoms with Gasteiger partial charge in [-0.15, -0.1) is 0 Å². The van der Waals surface area contributed by atoms with E-state index in [4.69, 9.17) is 9.15 Å². The van der Waals surface area contributed by atoms with Crippen LogP contribution in [0.1, 0.15) is 31.3 Å². The van der Waals surface area contributed by atoms with Crippen LogP contribution < -0.4 is 4.90 Å². The fourth-order valence-electron chi connectivity index (χ4n) is 1.90. The van der Waals surface area contributed by atoms with Crippen LogP contribution in [0.4, 0.5) is 6.01 Å². The maximum atomic E-state index is 11.5. The van der Waals surface area contributed by atoms with Crippen LogP contribution in [0.15, 0.2) is 10.7 Å². The second-order valence-electron chi connectivity index (χ2n) is 4.25. The summed E-state index contributed by atoms with van der Waals surface area (Å²) < 4.78 is 10.3. The Morgan fingerprint density at radius 2 is 2.44 bits per heavy atom. The lowest BCUT2D eigenvalue weighted by atomic mass is 10.2. The molecule has 2 atom stereocenters. The summed E-state index contributed by atoms with van der Waals surface area (Å²) in [4.78, 5) is 17.8. The van der Waals surface area contributed by atoms with E-state index < -0.39 is 5.97 Å². The molecule has 1 aromatic rings. The molecule has 1 aliphatic rings. The van der Waals surface area contributed by atoms with Crippen molar-refractivity contribution in [2.24, 2.45) is 0 Å². The number of thioether (sulfide) groups is 1. The van der Waals surface area contributed by atoms with Crippen molar-refractivity contribution in [3.63, 3.8) is 0 Å². The molecule has 0 spiro atoms. The Morgan fingerprint density at radius 1 is 1.67 bits per heavy atom. The number of hydrogen-bond acceptors (Lipinski definition) is 6. The third-order valence-corrected chi connectivity index (χ3v) is 4.44. The molecule has 1 aromatic heterocycles. The van der Waals surface area contributed by atoms with Crippen molar-refractivity contribution in [2.75, 3.05) is 23.8 Å². The fourth-order valence-corrected chi connectivity index (χ4v) is 3.00. The molecule has 100 valence electrons. The minimum Gasteiger partial charge on any atom is -0.461 e. The highest BCUT2D eigenvalue weighted by Crippen LogP contribution is 2.28. The summed E-state index contributed by atoms with van der Waals surface area (Å²) in [6.45, 7) is 7.33. The van der Waals surface area contributed by atoms with Crippen molar-refractivity contribution in [3.8, 4) is 0 Å². The highest BCUT2D eigenvalue weighted by Gasteiger charge is 2.29. The maximum Gasteiger partial charge on any atom is 0.360 e. The van der Waals surface area contributed by atoms with Gasteiger partial charge in [0.1, 0.15) is 6.26 Å². The van der Waals surface area contributed by atoms with E-state index in [-0.39, 0.29) is 5.69 Å². The van der Waals surface area contributed by atoms with Gasteiger partial charge in [0.2, 0.25) is 0 Å². The molecule has 18 heavy (non-hydrogen) atoms. The van der Waals surface area contributed by atoms with Gasteiger partial charge in [-0.3, -0.25) is 0 Å². The number of rotatable bonds is 3. The van der Waals surface area contributed by atoms with Crippen molar-refractivity contribution in [1.29, 1.82) is 0 Å². The lowest BCUT2D eigenvalue weighted by Crippen LogP contribution is -2.44. The summed E-state index contributed by atoms with van der Waals surface area (Å²) in [5, 5.41) is 0.525. The maximum absolute atomic E-state index is 11.5.